The Hall–Kier alpha value is -5.43. The highest BCUT2D eigenvalue weighted by Crippen LogP contribution is 2.49. The highest BCUT2D eigenvalue weighted by Gasteiger charge is 2.27. The van der Waals surface area contributed by atoms with Gasteiger partial charge >= 0.3 is 5.97 Å². The average molecular weight is 965 g/mol. The summed E-state index contributed by atoms with van der Waals surface area (Å²) in [5, 5.41) is 6.01. The van der Waals surface area contributed by atoms with Crippen molar-refractivity contribution >= 4 is 38.3 Å². The van der Waals surface area contributed by atoms with Crippen LogP contribution in [0.5, 0.6) is 34.5 Å². The Morgan fingerprint density at radius 2 is 0.676 bits per heavy atom. The van der Waals surface area contributed by atoms with E-state index in [0.717, 1.165) is 190 Å². The number of carbonyl (C=O) groups excluding carboxylic acids is 1. The molecule has 7 rings (SSSR count). The van der Waals surface area contributed by atoms with E-state index in [9.17, 15) is 4.79 Å². The number of hydrogen-bond donors (Lipinski definition) is 0. The van der Waals surface area contributed by atoms with Crippen molar-refractivity contribution < 1.29 is 33.2 Å². The number of fused-ring (bicyclic) bond motifs is 9. The maximum Gasteiger partial charge on any atom is 0.311 e. The van der Waals surface area contributed by atoms with Crippen LogP contribution < -0.4 is 28.4 Å². The third kappa shape index (κ3) is 14.4. The average Bonchev–Trinajstić information content (AvgIpc) is 3.71. The van der Waals surface area contributed by atoms with Gasteiger partial charge in [0.2, 0.25) is 0 Å². The molecule has 0 unspecified atom stereocenters. The molecule has 7 heteroatoms. The Kier molecular flexibility index (Phi) is 21.5. The van der Waals surface area contributed by atoms with E-state index in [1.54, 1.807) is 0 Å². The van der Waals surface area contributed by atoms with E-state index in [1.165, 1.54) is 22.3 Å². The Morgan fingerprint density at radius 1 is 0.366 bits per heavy atom. The van der Waals surface area contributed by atoms with Crippen molar-refractivity contribution in [1.29, 1.82) is 0 Å². The van der Waals surface area contributed by atoms with Crippen LogP contribution in [0.2, 0.25) is 0 Å². The number of hydrogen-bond acceptors (Lipinski definition) is 7. The van der Waals surface area contributed by atoms with Gasteiger partial charge in [0.05, 0.1) is 33.0 Å². The molecular weight excluding hydrogens is 881 g/mol. The molecule has 0 fully saturated rings. The van der Waals surface area contributed by atoms with Crippen molar-refractivity contribution in [1.82, 2.24) is 0 Å². The Bertz CT molecular complexity index is 2500. The summed E-state index contributed by atoms with van der Waals surface area (Å²) >= 11 is 0. The minimum Gasteiger partial charge on any atom is -0.490 e. The highest BCUT2D eigenvalue weighted by molar-refractivity contribution is 6.27. The molecular formula is C64H84O7. The lowest BCUT2D eigenvalue weighted by atomic mass is 9.91. The second-order valence-corrected chi connectivity index (χ2v) is 19.8. The van der Waals surface area contributed by atoms with Crippen LogP contribution in [0.25, 0.3) is 43.4 Å². The van der Waals surface area contributed by atoms with Gasteiger partial charge in [-0.1, -0.05) is 173 Å². The van der Waals surface area contributed by atoms with Crippen LogP contribution in [0.15, 0.2) is 84.9 Å². The SMILES string of the molecule is CCCCCOc1cc2c3cc(OCCCCC)c(OCCCCC)cc3c3cc(OC(=O)CCCCCCCC4c5ccccc5-c5ccccc54)c(OCCCCC)cc3c2cc1OCCCCC. The molecule has 0 heterocycles. The van der Waals surface area contributed by atoms with Crippen molar-refractivity contribution in [2.45, 2.75) is 182 Å². The summed E-state index contributed by atoms with van der Waals surface area (Å²) < 4.78 is 39.3. The predicted octanol–water partition coefficient (Wildman–Crippen LogP) is 18.4. The van der Waals surface area contributed by atoms with Crippen LogP contribution in [0.4, 0.5) is 0 Å². The molecule has 0 atom stereocenters. The number of benzene rings is 6. The fraction of sp³-hybridized carbons (Fsp3) is 0.516. The number of esters is 1. The van der Waals surface area contributed by atoms with Crippen LogP contribution in [0.3, 0.4) is 0 Å². The van der Waals surface area contributed by atoms with E-state index in [1.807, 2.05) is 6.07 Å². The standard InChI is InChI=1S/C64H84O7/c1-6-11-25-36-66-58-41-52-53-42-59(67-37-26-12-7-2)61(69-39-28-14-9-4)44-55(53)57-46-63(62(70-40-29-15-10-5)45-56(57)54(52)43-60(58)68-38-27-13-8-3)71-64(65)35-20-18-16-17-19-30-47-48-31-21-23-33-50(48)51-34-24-22-32-49(47)51/h21-24,31-34,41-47H,6-20,25-30,35-40H2,1-5H3. The van der Waals surface area contributed by atoms with E-state index >= 15 is 0 Å². The first-order valence-corrected chi connectivity index (χ1v) is 28.1. The summed E-state index contributed by atoms with van der Waals surface area (Å²) in [4.78, 5) is 13.9. The molecule has 382 valence electrons. The minimum atomic E-state index is -0.234. The van der Waals surface area contributed by atoms with Crippen molar-refractivity contribution in [2.75, 3.05) is 33.0 Å². The summed E-state index contributed by atoms with van der Waals surface area (Å²) in [7, 11) is 0. The third-order valence-electron chi connectivity index (χ3n) is 14.2. The second kappa shape index (κ2) is 28.6. The van der Waals surface area contributed by atoms with Gasteiger partial charge in [-0.3, -0.25) is 4.79 Å². The van der Waals surface area contributed by atoms with E-state index in [4.69, 9.17) is 28.4 Å². The van der Waals surface area contributed by atoms with Crippen LogP contribution in [0, 0.1) is 0 Å². The van der Waals surface area contributed by atoms with Gasteiger partial charge < -0.3 is 28.4 Å². The number of rotatable bonds is 34. The van der Waals surface area contributed by atoms with E-state index in [2.05, 4.69) is 113 Å². The maximum atomic E-state index is 13.9. The topological polar surface area (TPSA) is 72.5 Å². The molecule has 0 spiro atoms. The predicted molar refractivity (Wildman–Crippen MR) is 296 cm³/mol. The van der Waals surface area contributed by atoms with Crippen molar-refractivity contribution in [3.8, 4) is 45.6 Å². The first kappa shape index (κ1) is 53.4. The summed E-state index contributed by atoms with van der Waals surface area (Å²) in [5.74, 6) is 4.23. The molecule has 6 aromatic carbocycles. The zero-order valence-electron chi connectivity index (χ0n) is 44.1. The second-order valence-electron chi connectivity index (χ2n) is 19.8. The van der Waals surface area contributed by atoms with Gasteiger partial charge in [-0.15, -0.1) is 0 Å². The molecule has 7 nitrogen and oxygen atoms in total. The fourth-order valence-corrected chi connectivity index (χ4v) is 10.2. The van der Waals surface area contributed by atoms with Crippen LogP contribution >= 0.6 is 0 Å². The fourth-order valence-electron chi connectivity index (χ4n) is 10.2. The number of carbonyl (C=O) groups is 1. The van der Waals surface area contributed by atoms with Gasteiger partial charge in [0.15, 0.2) is 34.5 Å². The van der Waals surface area contributed by atoms with Crippen molar-refractivity contribution in [2.24, 2.45) is 0 Å². The highest BCUT2D eigenvalue weighted by atomic mass is 16.6. The Morgan fingerprint density at radius 3 is 1.04 bits per heavy atom. The normalized spacial score (nSPS) is 12.1. The van der Waals surface area contributed by atoms with E-state index < -0.39 is 0 Å². The van der Waals surface area contributed by atoms with E-state index in [0.29, 0.717) is 56.9 Å². The number of unbranched alkanes of at least 4 members (excludes halogenated alkanes) is 14. The smallest absolute Gasteiger partial charge is 0.311 e. The minimum absolute atomic E-state index is 0.234. The molecule has 0 bridgehead atoms. The Labute approximate surface area is 426 Å². The number of ether oxygens (including phenoxy) is 6. The molecule has 1 aliphatic carbocycles. The first-order chi connectivity index (χ1) is 35.0. The van der Waals surface area contributed by atoms with Crippen LogP contribution in [-0.2, 0) is 4.79 Å². The molecule has 0 N–H and O–H groups in total. The molecule has 0 saturated heterocycles. The first-order valence-electron chi connectivity index (χ1n) is 28.1. The molecule has 6 aromatic rings. The maximum absolute atomic E-state index is 13.9. The molecule has 0 amide bonds. The molecule has 71 heavy (non-hydrogen) atoms. The van der Waals surface area contributed by atoms with Gasteiger partial charge in [-0.05, 0) is 136 Å². The summed E-state index contributed by atoms with van der Waals surface area (Å²) in [5.41, 5.74) is 5.69. The zero-order chi connectivity index (χ0) is 49.6. The van der Waals surface area contributed by atoms with Crippen LogP contribution in [0.1, 0.15) is 193 Å². The van der Waals surface area contributed by atoms with Crippen molar-refractivity contribution in [3.05, 3.63) is 96.1 Å². The molecule has 0 aliphatic heterocycles. The monoisotopic (exact) mass is 965 g/mol. The molecule has 0 radical (unpaired) electrons. The summed E-state index contributed by atoms with van der Waals surface area (Å²) in [6.45, 7) is 14.0. The van der Waals surface area contributed by atoms with Crippen LogP contribution in [-0.4, -0.2) is 39.0 Å². The lowest BCUT2D eigenvalue weighted by Gasteiger charge is -2.20. The van der Waals surface area contributed by atoms with Gasteiger partial charge in [-0.2, -0.15) is 0 Å². The Balaban J connectivity index is 1.19. The zero-order valence-corrected chi connectivity index (χ0v) is 44.1. The third-order valence-corrected chi connectivity index (χ3v) is 14.2. The molecule has 0 saturated carbocycles. The lowest BCUT2D eigenvalue weighted by Crippen LogP contribution is -2.09. The largest absolute Gasteiger partial charge is 0.490 e. The molecule has 1 aliphatic rings. The quantitative estimate of drug-likeness (QED) is 0.0173. The van der Waals surface area contributed by atoms with Crippen molar-refractivity contribution in [3.63, 3.8) is 0 Å². The summed E-state index contributed by atoms with van der Waals surface area (Å²) in [6.07, 6.45) is 22.5. The van der Waals surface area contributed by atoms with Gasteiger partial charge in [0.25, 0.3) is 0 Å². The molecule has 0 aromatic heterocycles. The summed E-state index contributed by atoms with van der Waals surface area (Å²) in [6, 6.07) is 30.5. The lowest BCUT2D eigenvalue weighted by molar-refractivity contribution is -0.134. The van der Waals surface area contributed by atoms with Gasteiger partial charge in [0.1, 0.15) is 0 Å². The van der Waals surface area contributed by atoms with Gasteiger partial charge in [0, 0.05) is 12.3 Å². The van der Waals surface area contributed by atoms with Gasteiger partial charge in [-0.25, -0.2) is 0 Å². The van der Waals surface area contributed by atoms with E-state index in [-0.39, 0.29) is 5.97 Å².